The lowest BCUT2D eigenvalue weighted by atomic mass is 10.2. The van der Waals surface area contributed by atoms with Gasteiger partial charge in [0.2, 0.25) is 0 Å². The third-order valence-electron chi connectivity index (χ3n) is 2.82. The molecule has 1 N–H and O–H groups in total. The van der Waals surface area contributed by atoms with Gasteiger partial charge in [-0.25, -0.2) is 4.98 Å². The largest absolute Gasteiger partial charge is 0.383 e. The number of nitrogens with zero attached hydrogens (tertiary/aromatic N) is 2. The molecule has 1 aromatic heterocycles. The lowest BCUT2D eigenvalue weighted by molar-refractivity contribution is 0.200. The van der Waals surface area contributed by atoms with Crippen LogP contribution >= 0.6 is 11.3 Å². The molecule has 4 nitrogen and oxygen atoms in total. The standard InChI is InChI=1S/C14H25N3OS/c1-5-17(6-2)14-16-11-13(19-14)9-12(3)10-15-7-8-18-4/h9,11,15H,5-8,10H2,1-4H3. The van der Waals surface area contributed by atoms with Crippen LogP contribution in [-0.2, 0) is 4.74 Å². The first-order valence-corrected chi connectivity index (χ1v) is 7.60. The van der Waals surface area contributed by atoms with E-state index in [1.165, 1.54) is 10.5 Å². The highest BCUT2D eigenvalue weighted by Crippen LogP contribution is 2.23. The second-order valence-corrected chi connectivity index (χ2v) is 5.42. The molecule has 1 heterocycles. The number of hydrogen-bond acceptors (Lipinski definition) is 5. The van der Waals surface area contributed by atoms with Crippen LogP contribution in [0.1, 0.15) is 25.6 Å². The van der Waals surface area contributed by atoms with Crippen molar-refractivity contribution in [3.8, 4) is 0 Å². The summed E-state index contributed by atoms with van der Waals surface area (Å²) < 4.78 is 5.00. The van der Waals surface area contributed by atoms with E-state index in [1.807, 2.05) is 6.20 Å². The van der Waals surface area contributed by atoms with Crippen molar-refractivity contribution in [1.82, 2.24) is 10.3 Å². The van der Waals surface area contributed by atoms with Gasteiger partial charge in [-0.1, -0.05) is 16.9 Å². The van der Waals surface area contributed by atoms with Crippen LogP contribution in [0.15, 0.2) is 11.8 Å². The van der Waals surface area contributed by atoms with Crippen LogP contribution in [0.5, 0.6) is 0 Å². The van der Waals surface area contributed by atoms with Gasteiger partial charge in [0.15, 0.2) is 5.13 Å². The summed E-state index contributed by atoms with van der Waals surface area (Å²) in [6.07, 6.45) is 4.15. The summed E-state index contributed by atoms with van der Waals surface area (Å²) in [7, 11) is 1.72. The second-order valence-electron chi connectivity index (χ2n) is 4.38. The van der Waals surface area contributed by atoms with Gasteiger partial charge in [-0.15, -0.1) is 0 Å². The minimum absolute atomic E-state index is 0.750. The van der Waals surface area contributed by atoms with Crippen LogP contribution in [0.3, 0.4) is 0 Å². The highest BCUT2D eigenvalue weighted by atomic mass is 32.1. The molecule has 0 saturated carbocycles. The maximum Gasteiger partial charge on any atom is 0.185 e. The van der Waals surface area contributed by atoms with E-state index >= 15 is 0 Å². The molecule has 0 fully saturated rings. The number of rotatable bonds is 9. The van der Waals surface area contributed by atoms with Gasteiger partial charge in [-0.05, 0) is 26.8 Å². The quantitative estimate of drug-likeness (QED) is 0.707. The van der Waals surface area contributed by atoms with Gasteiger partial charge in [0.05, 0.1) is 6.61 Å². The predicted octanol–water partition coefficient (Wildman–Crippen LogP) is 2.63. The number of nitrogens with one attached hydrogen (secondary N) is 1. The number of hydrogen-bond donors (Lipinski definition) is 1. The Balaban J connectivity index is 2.51. The fourth-order valence-corrected chi connectivity index (χ4v) is 2.81. The Labute approximate surface area is 120 Å². The van der Waals surface area contributed by atoms with Crippen molar-refractivity contribution in [3.05, 3.63) is 16.6 Å². The van der Waals surface area contributed by atoms with Crippen molar-refractivity contribution in [1.29, 1.82) is 0 Å². The molecule has 0 unspecified atom stereocenters. The summed E-state index contributed by atoms with van der Waals surface area (Å²) in [5.74, 6) is 0. The van der Waals surface area contributed by atoms with Crippen molar-refractivity contribution in [3.63, 3.8) is 0 Å². The highest BCUT2D eigenvalue weighted by molar-refractivity contribution is 7.16. The normalized spacial score (nSPS) is 11.9. The number of ether oxygens (including phenoxy) is 1. The van der Waals surface area contributed by atoms with Gasteiger partial charge in [-0.2, -0.15) is 0 Å². The van der Waals surface area contributed by atoms with Crippen molar-refractivity contribution in [2.45, 2.75) is 20.8 Å². The Morgan fingerprint density at radius 1 is 1.47 bits per heavy atom. The molecule has 5 heteroatoms. The number of methoxy groups -OCH3 is 1. The minimum Gasteiger partial charge on any atom is -0.383 e. The summed E-state index contributed by atoms with van der Waals surface area (Å²) >= 11 is 1.75. The summed E-state index contributed by atoms with van der Waals surface area (Å²) in [4.78, 5) is 7.97. The van der Waals surface area contributed by atoms with Crippen molar-refractivity contribution in [2.24, 2.45) is 0 Å². The van der Waals surface area contributed by atoms with Crippen molar-refractivity contribution >= 4 is 22.5 Å². The molecule has 19 heavy (non-hydrogen) atoms. The van der Waals surface area contributed by atoms with Gasteiger partial charge >= 0.3 is 0 Å². The van der Waals surface area contributed by atoms with Crippen LogP contribution in [-0.4, -0.2) is 44.9 Å². The summed E-state index contributed by atoms with van der Waals surface area (Å²) in [5, 5.41) is 4.45. The van der Waals surface area contributed by atoms with E-state index in [9.17, 15) is 0 Å². The molecule has 0 saturated heterocycles. The van der Waals surface area contributed by atoms with Gasteiger partial charge in [0.25, 0.3) is 0 Å². The highest BCUT2D eigenvalue weighted by Gasteiger charge is 2.06. The molecular formula is C14H25N3OS. The first-order valence-electron chi connectivity index (χ1n) is 6.78. The summed E-state index contributed by atoms with van der Waals surface area (Å²) in [6.45, 7) is 11.0. The molecule has 108 valence electrons. The molecule has 1 rings (SSSR count). The zero-order valence-electron chi connectivity index (χ0n) is 12.4. The van der Waals surface area contributed by atoms with E-state index in [2.05, 4.69) is 42.0 Å². The van der Waals surface area contributed by atoms with E-state index < -0.39 is 0 Å². The van der Waals surface area contributed by atoms with E-state index in [1.54, 1.807) is 18.4 Å². The Morgan fingerprint density at radius 3 is 2.84 bits per heavy atom. The molecular weight excluding hydrogens is 258 g/mol. The first-order chi connectivity index (χ1) is 9.21. The second kappa shape index (κ2) is 9.07. The lowest BCUT2D eigenvalue weighted by Gasteiger charge is -2.16. The van der Waals surface area contributed by atoms with Crippen LogP contribution in [0.4, 0.5) is 5.13 Å². The first kappa shape index (κ1) is 16.1. The van der Waals surface area contributed by atoms with E-state index in [4.69, 9.17) is 4.74 Å². The number of thiazole rings is 1. The van der Waals surface area contributed by atoms with Crippen LogP contribution in [0.25, 0.3) is 6.08 Å². The third-order valence-corrected chi connectivity index (χ3v) is 3.83. The molecule has 0 amide bonds. The molecule has 0 radical (unpaired) electrons. The smallest absolute Gasteiger partial charge is 0.185 e. The molecule has 0 aliphatic carbocycles. The average Bonchev–Trinajstić information content (AvgIpc) is 2.84. The van der Waals surface area contributed by atoms with Gasteiger partial charge in [-0.3, -0.25) is 0 Å². The zero-order chi connectivity index (χ0) is 14.1. The van der Waals surface area contributed by atoms with Crippen LogP contribution in [0, 0.1) is 0 Å². The van der Waals surface area contributed by atoms with Crippen molar-refractivity contribution in [2.75, 3.05) is 44.8 Å². The molecule has 0 aliphatic rings. The summed E-state index contributed by atoms with van der Waals surface area (Å²) in [6, 6.07) is 0. The monoisotopic (exact) mass is 283 g/mol. The molecule has 0 bridgehead atoms. The van der Waals surface area contributed by atoms with E-state index in [0.717, 1.165) is 37.9 Å². The number of anilines is 1. The van der Waals surface area contributed by atoms with Gasteiger partial charge < -0.3 is 15.0 Å². The zero-order valence-corrected chi connectivity index (χ0v) is 13.2. The fraction of sp³-hybridized carbons (Fsp3) is 0.643. The lowest BCUT2D eigenvalue weighted by Crippen LogP contribution is -2.21. The van der Waals surface area contributed by atoms with Gasteiger partial charge in [0.1, 0.15) is 0 Å². The molecule has 0 aromatic carbocycles. The maximum absolute atomic E-state index is 5.00. The van der Waals surface area contributed by atoms with Crippen LogP contribution in [0.2, 0.25) is 0 Å². The van der Waals surface area contributed by atoms with E-state index in [0.29, 0.717) is 0 Å². The molecule has 1 aromatic rings. The Morgan fingerprint density at radius 2 is 2.21 bits per heavy atom. The topological polar surface area (TPSA) is 37.4 Å². The van der Waals surface area contributed by atoms with Crippen molar-refractivity contribution < 1.29 is 4.74 Å². The molecule has 0 aliphatic heterocycles. The Hall–Kier alpha value is -0.910. The minimum atomic E-state index is 0.750. The molecule has 0 atom stereocenters. The SMILES string of the molecule is CCN(CC)c1ncc(C=C(C)CNCCOC)s1. The van der Waals surface area contributed by atoms with Crippen LogP contribution < -0.4 is 10.2 Å². The fourth-order valence-electron chi connectivity index (χ4n) is 1.74. The maximum atomic E-state index is 5.00. The Kier molecular flexibility index (Phi) is 7.70. The third kappa shape index (κ3) is 5.72. The predicted molar refractivity (Wildman–Crippen MR) is 84.1 cm³/mol. The Bertz CT molecular complexity index is 386. The summed E-state index contributed by atoms with van der Waals surface area (Å²) in [5.41, 5.74) is 1.31. The number of aromatic nitrogens is 1. The van der Waals surface area contributed by atoms with Gasteiger partial charge in [0, 0.05) is 44.4 Å². The molecule has 0 spiro atoms. The average molecular weight is 283 g/mol. The van der Waals surface area contributed by atoms with E-state index in [-0.39, 0.29) is 0 Å².